The van der Waals surface area contributed by atoms with E-state index in [0.717, 1.165) is 13.2 Å². The maximum absolute atomic E-state index is 11.5. The van der Waals surface area contributed by atoms with Crippen LogP contribution < -0.4 is 0 Å². The molecule has 0 radical (unpaired) electrons. The molecule has 61 heavy (non-hydrogen) atoms. The Morgan fingerprint density at radius 3 is 1.15 bits per heavy atom. The van der Waals surface area contributed by atoms with Gasteiger partial charge >= 0.3 is 24.1 Å². The number of nitrogens with zero attached hydrogens (tertiary/aromatic N) is 1. The highest BCUT2D eigenvalue weighted by Crippen LogP contribution is 2.24. The SMILES string of the molecule is C=C(C(=O)OC)C(F)(F)F.C=C(C)C(=O)CC.C=C(C)C(=O)OC.C=CC(=O)CC.C=CC(=O)COCOC.C=CC(=O)N(C)C.C=CC(=O)OC.C=CCOC.C=COC. The number of carbonyl (C=O) groups is 7. The third-order valence-corrected chi connectivity index (χ3v) is 4.79. The number of amides is 1. The molecule has 18 heteroatoms. The van der Waals surface area contributed by atoms with Crippen molar-refractivity contribution in [1.82, 2.24) is 4.90 Å². The van der Waals surface area contributed by atoms with E-state index in [0.29, 0.717) is 30.6 Å². The number of alkyl halides is 3. The average Bonchev–Trinajstić information content (AvgIpc) is 3.25. The Morgan fingerprint density at radius 2 is 1.07 bits per heavy atom. The van der Waals surface area contributed by atoms with Gasteiger partial charge < -0.3 is 38.1 Å². The van der Waals surface area contributed by atoms with E-state index in [1.165, 1.54) is 50.7 Å². The molecule has 0 aromatic rings. The van der Waals surface area contributed by atoms with Crippen molar-refractivity contribution in [2.24, 2.45) is 0 Å². The molecule has 0 aliphatic heterocycles. The fourth-order valence-corrected chi connectivity index (χ4v) is 1.53. The lowest BCUT2D eigenvalue weighted by atomic mass is 10.2. The van der Waals surface area contributed by atoms with Crippen LogP contribution in [0.5, 0.6) is 0 Å². The molecular weight excluding hydrogens is 811 g/mol. The molecule has 352 valence electrons. The fraction of sp³-hybridized carbons (Fsp3) is 0.419. The third-order valence-electron chi connectivity index (χ3n) is 4.79. The van der Waals surface area contributed by atoms with Crippen LogP contribution in [0, 0.1) is 0 Å². The van der Waals surface area contributed by atoms with Crippen LogP contribution in [-0.2, 0) is 66.7 Å². The second kappa shape index (κ2) is 58.3. The lowest BCUT2D eigenvalue weighted by molar-refractivity contribution is -0.148. The summed E-state index contributed by atoms with van der Waals surface area (Å²) in [5.41, 5.74) is -0.403. The van der Waals surface area contributed by atoms with Crippen molar-refractivity contribution >= 4 is 41.2 Å². The number of esters is 3. The minimum Gasteiger partial charge on any atom is -0.505 e. The quantitative estimate of drug-likeness (QED) is 0.0286. The second-order valence-electron chi connectivity index (χ2n) is 10.1. The van der Waals surface area contributed by atoms with E-state index in [9.17, 15) is 46.7 Å². The van der Waals surface area contributed by atoms with Gasteiger partial charge in [-0.3, -0.25) is 19.2 Å². The number of hydrogen-bond donors (Lipinski definition) is 0. The second-order valence-corrected chi connectivity index (χ2v) is 10.1. The summed E-state index contributed by atoms with van der Waals surface area (Å²) in [6.45, 7) is 36.8. The number of hydrogen-bond acceptors (Lipinski definition) is 14. The van der Waals surface area contributed by atoms with E-state index in [4.69, 9.17) is 4.74 Å². The van der Waals surface area contributed by atoms with E-state index < -0.39 is 23.7 Å². The Balaban J connectivity index is -0.0000000720. The molecule has 0 heterocycles. The molecule has 0 aliphatic carbocycles. The summed E-state index contributed by atoms with van der Waals surface area (Å²) >= 11 is 0. The molecular formula is C43H70F3NO14. The van der Waals surface area contributed by atoms with E-state index in [1.807, 2.05) is 13.8 Å². The largest absolute Gasteiger partial charge is 0.505 e. The normalized spacial score (nSPS) is 8.18. The highest BCUT2D eigenvalue weighted by Gasteiger charge is 2.37. The number of carbonyl (C=O) groups excluding carboxylic acids is 7. The van der Waals surface area contributed by atoms with Crippen molar-refractivity contribution in [2.75, 3.05) is 76.8 Å². The zero-order valence-corrected chi connectivity index (χ0v) is 38.2. The molecule has 0 aliphatic rings. The summed E-state index contributed by atoms with van der Waals surface area (Å²) in [4.78, 5) is 72.8. The first-order chi connectivity index (χ1) is 28.2. The number of ether oxygens (including phenoxy) is 7. The van der Waals surface area contributed by atoms with Gasteiger partial charge in [-0.05, 0) is 37.6 Å². The molecule has 0 N–H and O–H groups in total. The maximum atomic E-state index is 11.5. The first-order valence-electron chi connectivity index (χ1n) is 17.1. The highest BCUT2D eigenvalue weighted by molar-refractivity contribution is 5.93. The molecule has 0 unspecified atom stereocenters. The van der Waals surface area contributed by atoms with Crippen LogP contribution in [0.4, 0.5) is 13.2 Å². The lowest BCUT2D eigenvalue weighted by Crippen LogP contribution is -2.19. The van der Waals surface area contributed by atoms with Gasteiger partial charge in [0.15, 0.2) is 17.3 Å². The van der Waals surface area contributed by atoms with E-state index in [2.05, 4.69) is 87.6 Å². The van der Waals surface area contributed by atoms with E-state index in [1.54, 1.807) is 48.2 Å². The minimum atomic E-state index is -4.69. The maximum Gasteiger partial charge on any atom is 0.422 e. The number of allylic oxidation sites excluding steroid dienone is 2. The number of likely N-dealkylation sites (N-methyl/N-ethyl adjacent to an activating group) is 1. The Hall–Kier alpha value is -5.98. The van der Waals surface area contributed by atoms with Crippen molar-refractivity contribution < 1.29 is 79.9 Å². The fourth-order valence-electron chi connectivity index (χ4n) is 1.53. The summed E-state index contributed by atoms with van der Waals surface area (Å²) in [5.74, 6) is -2.12. The minimum absolute atomic E-state index is 0.0529. The van der Waals surface area contributed by atoms with Crippen molar-refractivity contribution in [2.45, 2.75) is 46.7 Å². The molecule has 0 spiro atoms. The van der Waals surface area contributed by atoms with Crippen LogP contribution >= 0.6 is 0 Å². The van der Waals surface area contributed by atoms with Crippen LogP contribution in [0.3, 0.4) is 0 Å². The first kappa shape index (κ1) is 75.8. The summed E-state index contributed by atoms with van der Waals surface area (Å²) in [6, 6.07) is 0. The molecule has 0 saturated heterocycles. The van der Waals surface area contributed by atoms with Gasteiger partial charge in [0.1, 0.15) is 19.0 Å². The van der Waals surface area contributed by atoms with Crippen molar-refractivity contribution in [1.29, 1.82) is 0 Å². The molecule has 1 amide bonds. The van der Waals surface area contributed by atoms with Gasteiger partial charge in [0, 0.05) is 52.8 Å². The van der Waals surface area contributed by atoms with Crippen LogP contribution in [0.1, 0.15) is 40.5 Å². The molecule has 0 bridgehead atoms. The molecule has 0 aromatic heterocycles. The monoisotopic (exact) mass is 881 g/mol. The van der Waals surface area contributed by atoms with Crippen LogP contribution in [0.15, 0.2) is 113 Å². The smallest absolute Gasteiger partial charge is 0.422 e. The topological polar surface area (TPSA) is 187 Å². The predicted octanol–water partition coefficient (Wildman–Crippen LogP) is 7.27. The number of halogens is 3. The summed E-state index contributed by atoms with van der Waals surface area (Å²) < 4.78 is 64.8. The van der Waals surface area contributed by atoms with Crippen LogP contribution in [-0.4, -0.2) is 129 Å². The van der Waals surface area contributed by atoms with Crippen molar-refractivity contribution in [3.05, 3.63) is 113 Å². The van der Waals surface area contributed by atoms with Gasteiger partial charge in [0.2, 0.25) is 5.91 Å². The van der Waals surface area contributed by atoms with Gasteiger partial charge in [-0.15, -0.1) is 6.58 Å². The molecule has 0 saturated carbocycles. The zero-order chi connectivity index (χ0) is 50.6. The van der Waals surface area contributed by atoms with E-state index in [-0.39, 0.29) is 42.6 Å². The van der Waals surface area contributed by atoms with Gasteiger partial charge in [-0.25, -0.2) is 14.4 Å². The zero-order valence-electron chi connectivity index (χ0n) is 38.2. The Kier molecular flexibility index (Phi) is 72.5. The predicted molar refractivity (Wildman–Crippen MR) is 233 cm³/mol. The molecule has 0 aromatic carbocycles. The first-order valence-corrected chi connectivity index (χ1v) is 17.1. The molecule has 0 fully saturated rings. The van der Waals surface area contributed by atoms with E-state index >= 15 is 0 Å². The van der Waals surface area contributed by atoms with Gasteiger partial charge in [0.25, 0.3) is 0 Å². The molecule has 0 atom stereocenters. The number of Topliss-reactive ketones (excluding diaryl/α,β-unsaturated/α-hetero) is 1. The van der Waals surface area contributed by atoms with Crippen molar-refractivity contribution in [3.63, 3.8) is 0 Å². The number of rotatable bonds is 16. The summed E-state index contributed by atoms with van der Waals surface area (Å²) in [5, 5.41) is 0. The van der Waals surface area contributed by atoms with Gasteiger partial charge in [-0.2, -0.15) is 13.2 Å². The summed E-state index contributed by atoms with van der Waals surface area (Å²) in [7, 11) is 11.6. The highest BCUT2D eigenvalue weighted by atomic mass is 19.4. The number of ketones is 3. The van der Waals surface area contributed by atoms with Crippen LogP contribution in [0.2, 0.25) is 0 Å². The molecule has 15 nitrogen and oxygen atoms in total. The third kappa shape index (κ3) is 82.8. The van der Waals surface area contributed by atoms with Gasteiger partial charge in [0.05, 0.1) is 41.3 Å². The standard InChI is InChI=1S/C6H10O3.C6H10O.C5H5F3O2.C5H9NO.C5H8O2.C5H8O.C4H6O2.C4H8O.C3H6O/c1-3-6(7)4-9-5-8-2;1-4-6(7)5(2)3;1-3(4(9)10-2)5(6,7)8;1-4-5(7)6(2)3;1-4(2)5(6)7-3;1-3-5(6)4-2;1-3-4(5)6-2;1-3-4-5-2;1-3-4-2/h3H,1,4-5H2,2H3;2,4H2,1,3H3;1H2,2H3;4H,1H2,2-3H3;1H2,2-3H3;3H,1,4H2,2H3;3H,1H2,2H3;3H,1,4H2,2H3;3H,1H2,2H3. The lowest BCUT2D eigenvalue weighted by Gasteiger charge is -2.05. The Bertz CT molecular complexity index is 1270. The van der Waals surface area contributed by atoms with Crippen LogP contribution in [0.25, 0.3) is 0 Å². The van der Waals surface area contributed by atoms with Gasteiger partial charge in [-0.1, -0.05) is 72.6 Å². The Morgan fingerprint density at radius 1 is 0.623 bits per heavy atom. The number of methoxy groups -OCH3 is 6. The molecule has 0 rings (SSSR count). The van der Waals surface area contributed by atoms with Crippen molar-refractivity contribution in [3.8, 4) is 0 Å². The summed E-state index contributed by atoms with van der Waals surface area (Å²) in [6.07, 6.45) is 4.49. The Labute approximate surface area is 361 Å². The average molecular weight is 882 g/mol.